The van der Waals surface area contributed by atoms with E-state index in [2.05, 4.69) is 33.4 Å². The molecule has 0 spiro atoms. The van der Waals surface area contributed by atoms with Gasteiger partial charge in [-0.25, -0.2) is 10.3 Å². The number of nitrogens with zero attached hydrogens (tertiary/aromatic N) is 3. The maximum Gasteiger partial charge on any atom is 0.231 e. The lowest BCUT2D eigenvalue weighted by atomic mass is 10.1. The molecule has 3 N–H and O–H groups in total. The third kappa shape index (κ3) is 5.11. The summed E-state index contributed by atoms with van der Waals surface area (Å²) in [7, 11) is 0. The van der Waals surface area contributed by atoms with Crippen molar-refractivity contribution >= 4 is 5.69 Å². The molecule has 1 aromatic heterocycles. The summed E-state index contributed by atoms with van der Waals surface area (Å²) >= 11 is 0. The van der Waals surface area contributed by atoms with Crippen LogP contribution in [0.4, 0.5) is 5.69 Å². The molecule has 0 aliphatic carbocycles. The fourth-order valence-corrected chi connectivity index (χ4v) is 3.85. The van der Waals surface area contributed by atoms with Crippen LogP contribution < -0.4 is 30.6 Å². The highest BCUT2D eigenvalue weighted by atomic mass is 16.7. The Morgan fingerprint density at radius 2 is 2.00 bits per heavy atom. The molecular formula is C24H26N5O3. The van der Waals surface area contributed by atoms with Crippen molar-refractivity contribution in [3.63, 3.8) is 0 Å². The van der Waals surface area contributed by atoms with E-state index in [4.69, 9.17) is 25.3 Å². The maximum atomic E-state index is 5.84. The van der Waals surface area contributed by atoms with E-state index in [0.717, 1.165) is 49.0 Å². The van der Waals surface area contributed by atoms with Crippen LogP contribution in [0.1, 0.15) is 11.1 Å². The van der Waals surface area contributed by atoms with Gasteiger partial charge in [-0.05, 0) is 41.5 Å². The summed E-state index contributed by atoms with van der Waals surface area (Å²) in [6, 6.07) is 17.7. The third-order valence-corrected chi connectivity index (χ3v) is 5.46. The SMILES string of the molecule is Nc1ccc(Oc2cccc(CNC3CN(Cc4ccc5c(c4)OCO5)CC[N]3)c2)nc1. The molecule has 0 bridgehead atoms. The van der Waals surface area contributed by atoms with Crippen LogP contribution in [0.5, 0.6) is 23.1 Å². The number of hydrogen-bond donors (Lipinski definition) is 2. The molecule has 5 rings (SSSR count). The minimum Gasteiger partial charge on any atom is -0.454 e. The van der Waals surface area contributed by atoms with Crippen LogP contribution in [0.15, 0.2) is 60.8 Å². The molecule has 2 aliphatic rings. The molecule has 8 nitrogen and oxygen atoms in total. The van der Waals surface area contributed by atoms with E-state index in [1.807, 2.05) is 24.3 Å². The number of ether oxygens (including phenoxy) is 3. The van der Waals surface area contributed by atoms with E-state index in [9.17, 15) is 0 Å². The van der Waals surface area contributed by atoms with Gasteiger partial charge in [-0.2, -0.15) is 0 Å². The smallest absolute Gasteiger partial charge is 0.231 e. The summed E-state index contributed by atoms with van der Waals surface area (Å²) in [6.07, 6.45) is 1.67. The Hall–Kier alpha value is -3.33. The van der Waals surface area contributed by atoms with Gasteiger partial charge in [0.25, 0.3) is 0 Å². The van der Waals surface area contributed by atoms with E-state index in [-0.39, 0.29) is 6.17 Å². The van der Waals surface area contributed by atoms with Crippen molar-refractivity contribution < 1.29 is 14.2 Å². The first-order chi connectivity index (χ1) is 15.7. The van der Waals surface area contributed by atoms with Crippen molar-refractivity contribution in [2.75, 3.05) is 32.2 Å². The number of benzene rings is 2. The Balaban J connectivity index is 1.14. The van der Waals surface area contributed by atoms with Crippen LogP contribution in [-0.4, -0.2) is 42.5 Å². The lowest BCUT2D eigenvalue weighted by Gasteiger charge is -2.33. The molecular weight excluding hydrogens is 406 g/mol. The Morgan fingerprint density at radius 1 is 1.06 bits per heavy atom. The molecule has 1 radical (unpaired) electrons. The Kier molecular flexibility index (Phi) is 6.06. The van der Waals surface area contributed by atoms with Gasteiger partial charge in [-0.3, -0.25) is 10.2 Å². The lowest BCUT2D eigenvalue weighted by molar-refractivity contribution is 0.169. The first-order valence-corrected chi connectivity index (χ1v) is 10.7. The zero-order valence-electron chi connectivity index (χ0n) is 17.7. The van der Waals surface area contributed by atoms with Gasteiger partial charge in [0.05, 0.1) is 18.1 Å². The molecule has 2 aromatic carbocycles. The van der Waals surface area contributed by atoms with Gasteiger partial charge >= 0.3 is 0 Å². The number of anilines is 1. The zero-order valence-corrected chi connectivity index (χ0v) is 17.7. The zero-order chi connectivity index (χ0) is 21.8. The van der Waals surface area contributed by atoms with E-state index in [1.54, 1.807) is 18.3 Å². The number of pyridine rings is 1. The van der Waals surface area contributed by atoms with Gasteiger partial charge in [0.15, 0.2) is 11.5 Å². The average molecular weight is 433 g/mol. The predicted molar refractivity (Wildman–Crippen MR) is 121 cm³/mol. The van der Waals surface area contributed by atoms with Crippen LogP contribution in [0.2, 0.25) is 0 Å². The van der Waals surface area contributed by atoms with Crippen LogP contribution in [-0.2, 0) is 13.1 Å². The highest BCUT2D eigenvalue weighted by Crippen LogP contribution is 2.32. The predicted octanol–water partition coefficient (Wildman–Crippen LogP) is 2.72. The molecule has 0 saturated carbocycles. The van der Waals surface area contributed by atoms with Gasteiger partial charge in [0.1, 0.15) is 5.75 Å². The van der Waals surface area contributed by atoms with Crippen LogP contribution in [0.3, 0.4) is 0 Å². The van der Waals surface area contributed by atoms with Crippen molar-refractivity contribution in [3.8, 4) is 23.1 Å². The molecule has 1 unspecified atom stereocenters. The van der Waals surface area contributed by atoms with Crippen molar-refractivity contribution in [1.82, 2.24) is 20.5 Å². The number of nitrogen functional groups attached to an aromatic ring is 1. The number of rotatable bonds is 7. The fraction of sp³-hybridized carbons (Fsp3) is 0.292. The second kappa shape index (κ2) is 9.44. The number of hydrogen-bond acceptors (Lipinski definition) is 7. The number of piperazine rings is 1. The summed E-state index contributed by atoms with van der Waals surface area (Å²) in [5.74, 6) is 2.91. The summed E-state index contributed by atoms with van der Waals surface area (Å²) in [5.41, 5.74) is 8.63. The van der Waals surface area contributed by atoms with Crippen LogP contribution >= 0.6 is 0 Å². The van der Waals surface area contributed by atoms with Gasteiger partial charge in [-0.15, -0.1) is 0 Å². The van der Waals surface area contributed by atoms with Crippen molar-refractivity contribution in [1.29, 1.82) is 0 Å². The molecule has 0 amide bonds. The second-order valence-electron chi connectivity index (χ2n) is 7.90. The molecule has 1 fully saturated rings. The quantitative estimate of drug-likeness (QED) is 0.593. The number of nitrogens with two attached hydrogens (primary N) is 1. The van der Waals surface area contributed by atoms with Crippen molar-refractivity contribution in [3.05, 3.63) is 71.9 Å². The normalized spacial score (nSPS) is 17.9. The molecule has 3 heterocycles. The summed E-state index contributed by atoms with van der Waals surface area (Å²) in [5, 5.41) is 8.30. The van der Waals surface area contributed by atoms with E-state index < -0.39 is 0 Å². The summed E-state index contributed by atoms with van der Waals surface area (Å²) in [6.45, 7) is 4.50. The lowest BCUT2D eigenvalue weighted by Crippen LogP contribution is -2.53. The van der Waals surface area contributed by atoms with E-state index in [1.165, 1.54) is 5.56 Å². The topological polar surface area (TPSA) is 96.0 Å². The minimum absolute atomic E-state index is 0.0844. The monoisotopic (exact) mass is 432 g/mol. The van der Waals surface area contributed by atoms with E-state index in [0.29, 0.717) is 24.9 Å². The Morgan fingerprint density at radius 3 is 2.91 bits per heavy atom. The van der Waals surface area contributed by atoms with Gasteiger partial charge in [-0.1, -0.05) is 18.2 Å². The molecule has 1 atom stereocenters. The van der Waals surface area contributed by atoms with Crippen LogP contribution in [0.25, 0.3) is 0 Å². The first kappa shape index (κ1) is 20.6. The first-order valence-electron chi connectivity index (χ1n) is 10.7. The molecule has 32 heavy (non-hydrogen) atoms. The Labute approximate surface area is 187 Å². The fourth-order valence-electron chi connectivity index (χ4n) is 3.85. The standard InChI is InChI=1S/C24H26N5O3/c25-19-5-7-24(28-13-19)32-20-3-1-2-17(10-20)12-27-23-15-29(9-8-26-23)14-18-4-6-21-22(11-18)31-16-30-21/h1-7,10-11,13,23,27H,8-9,12,14-16,25H2. The largest absolute Gasteiger partial charge is 0.454 e. The molecule has 8 heteroatoms. The number of aromatic nitrogens is 1. The highest BCUT2D eigenvalue weighted by Gasteiger charge is 2.21. The molecule has 165 valence electrons. The molecule has 1 saturated heterocycles. The maximum absolute atomic E-state index is 5.84. The third-order valence-electron chi connectivity index (χ3n) is 5.46. The number of fused-ring (bicyclic) bond motifs is 1. The summed E-state index contributed by atoms with van der Waals surface area (Å²) < 4.78 is 16.7. The average Bonchev–Trinajstić information content (AvgIpc) is 3.28. The van der Waals surface area contributed by atoms with Gasteiger partial charge in [0.2, 0.25) is 12.7 Å². The van der Waals surface area contributed by atoms with Gasteiger partial charge < -0.3 is 19.9 Å². The molecule has 3 aromatic rings. The van der Waals surface area contributed by atoms with E-state index >= 15 is 0 Å². The summed E-state index contributed by atoms with van der Waals surface area (Å²) in [4.78, 5) is 6.60. The Bertz CT molecular complexity index is 1060. The number of nitrogens with one attached hydrogen (secondary N) is 1. The molecule has 2 aliphatic heterocycles. The minimum atomic E-state index is 0.0844. The van der Waals surface area contributed by atoms with Gasteiger partial charge in [0, 0.05) is 38.8 Å². The highest BCUT2D eigenvalue weighted by molar-refractivity contribution is 5.44. The van der Waals surface area contributed by atoms with Crippen molar-refractivity contribution in [2.24, 2.45) is 0 Å². The van der Waals surface area contributed by atoms with Crippen LogP contribution in [0, 0.1) is 0 Å². The van der Waals surface area contributed by atoms with Crippen molar-refractivity contribution in [2.45, 2.75) is 19.3 Å². The second-order valence-corrected chi connectivity index (χ2v) is 7.90.